The van der Waals surface area contributed by atoms with Crippen LogP contribution >= 0.6 is 0 Å². The van der Waals surface area contributed by atoms with Gasteiger partial charge in [-0.3, -0.25) is 0 Å². The molecule has 0 N–H and O–H groups in total. The Morgan fingerprint density at radius 3 is 2.65 bits per heavy atom. The van der Waals surface area contributed by atoms with E-state index in [0.717, 1.165) is 24.4 Å². The van der Waals surface area contributed by atoms with Crippen LogP contribution in [0.4, 0.5) is 0 Å². The zero-order valence-electron chi connectivity index (χ0n) is 11.0. The lowest BCUT2D eigenvalue weighted by Gasteiger charge is -2.13. The molecular weight excluding hydrogens is 216 g/mol. The van der Waals surface area contributed by atoms with Crippen molar-refractivity contribution in [1.29, 1.82) is 5.26 Å². The fourth-order valence-electron chi connectivity index (χ4n) is 1.66. The van der Waals surface area contributed by atoms with Crippen LogP contribution in [0, 0.1) is 17.2 Å². The average molecular weight is 236 g/mol. The van der Waals surface area contributed by atoms with Gasteiger partial charge in [0.2, 0.25) is 0 Å². The van der Waals surface area contributed by atoms with Crippen LogP contribution in [0.2, 0.25) is 0 Å². The molecule has 1 aromatic heterocycles. The summed E-state index contributed by atoms with van der Waals surface area (Å²) in [6, 6.07) is 2.11. The minimum Gasteiger partial charge on any atom is -0.375 e. The predicted molar refractivity (Wildman–Crippen MR) is 64.2 cm³/mol. The molecule has 5 nitrogen and oxygen atoms in total. The van der Waals surface area contributed by atoms with Gasteiger partial charge in [-0.15, -0.1) is 5.10 Å². The third kappa shape index (κ3) is 3.53. The van der Waals surface area contributed by atoms with Gasteiger partial charge >= 0.3 is 0 Å². The smallest absolute Gasteiger partial charge is 0.103 e. The average Bonchev–Trinajstić information content (AvgIpc) is 2.69. The van der Waals surface area contributed by atoms with Crippen LogP contribution in [0.1, 0.15) is 44.7 Å². The molecule has 0 aliphatic heterocycles. The van der Waals surface area contributed by atoms with E-state index in [-0.39, 0.29) is 12.5 Å². The van der Waals surface area contributed by atoms with Gasteiger partial charge in [-0.1, -0.05) is 19.1 Å². The van der Waals surface area contributed by atoms with E-state index < -0.39 is 0 Å². The van der Waals surface area contributed by atoms with Crippen LogP contribution in [0.15, 0.2) is 0 Å². The van der Waals surface area contributed by atoms with Gasteiger partial charge in [-0.05, 0) is 19.3 Å². The quantitative estimate of drug-likeness (QED) is 0.758. The highest BCUT2D eigenvalue weighted by Gasteiger charge is 2.18. The minimum atomic E-state index is -0.0829. The minimum absolute atomic E-state index is 0.0829. The van der Waals surface area contributed by atoms with Crippen molar-refractivity contribution < 1.29 is 4.74 Å². The predicted octanol–water partition coefficient (Wildman–Crippen LogP) is 2.10. The zero-order chi connectivity index (χ0) is 12.8. The molecule has 94 valence electrons. The molecule has 1 unspecified atom stereocenters. The Morgan fingerprint density at radius 2 is 2.12 bits per heavy atom. The molecule has 0 amide bonds. The lowest BCUT2D eigenvalue weighted by Crippen LogP contribution is -2.12. The Kier molecular flexibility index (Phi) is 5.11. The molecule has 0 fully saturated rings. The molecule has 0 bridgehead atoms. The van der Waals surface area contributed by atoms with Gasteiger partial charge < -0.3 is 4.74 Å². The number of aromatic nitrogens is 3. The summed E-state index contributed by atoms with van der Waals surface area (Å²) in [6.07, 6.45) is 1.24. The number of rotatable bonds is 6. The van der Waals surface area contributed by atoms with E-state index in [4.69, 9.17) is 10.00 Å². The summed E-state index contributed by atoms with van der Waals surface area (Å²) in [6.45, 7) is 7.11. The summed E-state index contributed by atoms with van der Waals surface area (Å²) < 4.78 is 7.18. The van der Waals surface area contributed by atoms with Crippen LogP contribution in [0.25, 0.3) is 0 Å². The normalized spacial score (nSPS) is 12.7. The number of hydrogen-bond donors (Lipinski definition) is 0. The summed E-state index contributed by atoms with van der Waals surface area (Å²) in [5.41, 5.74) is 1.65. The number of methoxy groups -OCH3 is 1. The molecule has 0 aliphatic rings. The Hall–Kier alpha value is -1.41. The molecule has 0 spiro atoms. The topological polar surface area (TPSA) is 63.7 Å². The van der Waals surface area contributed by atoms with Crippen molar-refractivity contribution in [3.63, 3.8) is 0 Å². The highest BCUT2D eigenvalue weighted by molar-refractivity contribution is 5.16. The Bertz CT molecular complexity index is 392. The second kappa shape index (κ2) is 6.36. The summed E-state index contributed by atoms with van der Waals surface area (Å²) in [5, 5.41) is 16.9. The number of nitriles is 1. The van der Waals surface area contributed by atoms with Gasteiger partial charge in [0.1, 0.15) is 5.69 Å². The van der Waals surface area contributed by atoms with Crippen LogP contribution in [-0.4, -0.2) is 22.1 Å². The first kappa shape index (κ1) is 13.7. The van der Waals surface area contributed by atoms with E-state index >= 15 is 0 Å². The number of ether oxygens (including phenoxy) is 1. The molecule has 0 saturated heterocycles. The first-order valence-corrected chi connectivity index (χ1v) is 5.92. The molecule has 1 aromatic rings. The maximum Gasteiger partial charge on any atom is 0.103 e. The van der Waals surface area contributed by atoms with Gasteiger partial charge in [0, 0.05) is 13.7 Å². The fraction of sp³-hybridized carbons (Fsp3) is 0.750. The van der Waals surface area contributed by atoms with E-state index in [0.29, 0.717) is 5.92 Å². The Labute approximate surface area is 102 Å². The van der Waals surface area contributed by atoms with Crippen molar-refractivity contribution >= 4 is 0 Å². The van der Waals surface area contributed by atoms with Gasteiger partial charge in [-0.2, -0.15) is 5.26 Å². The van der Waals surface area contributed by atoms with E-state index in [1.165, 1.54) is 0 Å². The zero-order valence-corrected chi connectivity index (χ0v) is 11.0. The lowest BCUT2D eigenvalue weighted by atomic mass is 10.1. The summed E-state index contributed by atoms with van der Waals surface area (Å²) in [4.78, 5) is 0. The highest BCUT2D eigenvalue weighted by Crippen LogP contribution is 2.20. The Balaban J connectivity index is 2.92. The summed E-state index contributed by atoms with van der Waals surface area (Å²) in [5.74, 6) is 0.615. The molecule has 0 aliphatic carbocycles. The number of hydrogen-bond acceptors (Lipinski definition) is 4. The van der Waals surface area contributed by atoms with E-state index in [2.05, 4.69) is 30.2 Å². The third-order valence-electron chi connectivity index (χ3n) is 2.75. The van der Waals surface area contributed by atoms with Crippen molar-refractivity contribution in [2.75, 3.05) is 7.11 Å². The largest absolute Gasteiger partial charge is 0.375 e. The number of aryl methyl sites for hydroxylation is 1. The van der Waals surface area contributed by atoms with Crippen molar-refractivity contribution in [3.8, 4) is 6.07 Å². The van der Waals surface area contributed by atoms with Crippen molar-refractivity contribution in [2.45, 2.75) is 46.3 Å². The maximum atomic E-state index is 8.76. The highest BCUT2D eigenvalue weighted by atomic mass is 16.5. The second-order valence-electron chi connectivity index (χ2n) is 4.54. The molecular formula is C12H20N4O. The molecule has 0 aromatic carbocycles. The van der Waals surface area contributed by atoms with E-state index in [9.17, 15) is 0 Å². The van der Waals surface area contributed by atoms with Gasteiger partial charge in [0.15, 0.2) is 0 Å². The van der Waals surface area contributed by atoms with Crippen LogP contribution in [-0.2, 0) is 17.7 Å². The SMILES string of the molecule is COC(C)c1c(CC#N)nnn1CCC(C)C. The van der Waals surface area contributed by atoms with E-state index in [1.54, 1.807) is 7.11 Å². The van der Waals surface area contributed by atoms with Gasteiger partial charge in [0.05, 0.1) is 24.3 Å². The first-order chi connectivity index (χ1) is 8.10. The molecule has 1 atom stereocenters. The van der Waals surface area contributed by atoms with Crippen LogP contribution < -0.4 is 0 Å². The molecule has 17 heavy (non-hydrogen) atoms. The lowest BCUT2D eigenvalue weighted by molar-refractivity contribution is 0.110. The van der Waals surface area contributed by atoms with Crippen LogP contribution in [0.5, 0.6) is 0 Å². The molecule has 0 saturated carbocycles. The van der Waals surface area contributed by atoms with E-state index in [1.807, 2.05) is 11.6 Å². The Morgan fingerprint density at radius 1 is 1.41 bits per heavy atom. The third-order valence-corrected chi connectivity index (χ3v) is 2.75. The molecule has 0 radical (unpaired) electrons. The first-order valence-electron chi connectivity index (χ1n) is 5.92. The second-order valence-corrected chi connectivity index (χ2v) is 4.54. The standard InChI is InChI=1S/C12H20N4O/c1-9(2)6-8-16-12(10(3)17-4)11(5-7-13)14-15-16/h9-10H,5-6,8H2,1-4H3. The summed E-state index contributed by atoms with van der Waals surface area (Å²) in [7, 11) is 1.65. The van der Waals surface area contributed by atoms with Gasteiger partial charge in [-0.25, -0.2) is 4.68 Å². The van der Waals surface area contributed by atoms with Crippen molar-refractivity contribution in [2.24, 2.45) is 5.92 Å². The van der Waals surface area contributed by atoms with Gasteiger partial charge in [0.25, 0.3) is 0 Å². The molecule has 1 rings (SSSR count). The monoisotopic (exact) mass is 236 g/mol. The molecule has 1 heterocycles. The van der Waals surface area contributed by atoms with Crippen molar-refractivity contribution in [1.82, 2.24) is 15.0 Å². The number of nitrogens with zero attached hydrogens (tertiary/aromatic N) is 4. The van der Waals surface area contributed by atoms with Crippen LogP contribution in [0.3, 0.4) is 0 Å². The fourth-order valence-corrected chi connectivity index (χ4v) is 1.66. The van der Waals surface area contributed by atoms with Crippen molar-refractivity contribution in [3.05, 3.63) is 11.4 Å². The maximum absolute atomic E-state index is 8.76. The molecule has 5 heteroatoms. The summed E-state index contributed by atoms with van der Waals surface area (Å²) >= 11 is 0.